The largest absolute Gasteiger partial charge is 0.494 e. The van der Waals surface area contributed by atoms with Crippen molar-refractivity contribution in [1.82, 2.24) is 20.2 Å². The molecule has 0 radical (unpaired) electrons. The number of methoxy groups -OCH3 is 1. The highest BCUT2D eigenvalue weighted by molar-refractivity contribution is 5.99. The first-order chi connectivity index (χ1) is 10.2. The molecule has 0 spiro atoms. The number of benzene rings is 1. The normalized spacial score (nSPS) is 13.8. The molecule has 1 aromatic heterocycles. The van der Waals surface area contributed by atoms with Gasteiger partial charge in [-0.05, 0) is 47.5 Å². The van der Waals surface area contributed by atoms with Gasteiger partial charge in [0.1, 0.15) is 11.4 Å². The molecule has 1 heterocycles. The lowest BCUT2D eigenvalue weighted by Crippen LogP contribution is -2.09. The molecule has 2 aromatic rings. The highest BCUT2D eigenvalue weighted by Crippen LogP contribution is 2.40. The van der Waals surface area contributed by atoms with Crippen molar-refractivity contribution in [2.24, 2.45) is 0 Å². The van der Waals surface area contributed by atoms with Gasteiger partial charge in [-0.1, -0.05) is 6.58 Å². The van der Waals surface area contributed by atoms with E-state index >= 15 is 0 Å². The molecule has 7 nitrogen and oxygen atoms in total. The van der Waals surface area contributed by atoms with Gasteiger partial charge in [-0.3, -0.25) is 4.79 Å². The smallest absolute Gasteiger partial charge is 0.247 e. The van der Waals surface area contributed by atoms with Crippen LogP contribution in [0.25, 0.3) is 5.69 Å². The zero-order chi connectivity index (χ0) is 14.8. The highest BCUT2D eigenvalue weighted by atomic mass is 16.5. The van der Waals surface area contributed by atoms with Crippen LogP contribution in [0, 0.1) is 0 Å². The first-order valence-corrected chi connectivity index (χ1v) is 6.63. The van der Waals surface area contributed by atoms with E-state index in [1.165, 1.54) is 6.08 Å². The topological polar surface area (TPSA) is 81.9 Å². The molecule has 7 heteroatoms. The Hall–Kier alpha value is -2.70. The highest BCUT2D eigenvalue weighted by Gasteiger charge is 2.30. The summed E-state index contributed by atoms with van der Waals surface area (Å²) >= 11 is 0. The van der Waals surface area contributed by atoms with Crippen molar-refractivity contribution in [2.45, 2.75) is 18.8 Å². The quantitative estimate of drug-likeness (QED) is 0.845. The molecule has 1 saturated carbocycles. The minimum absolute atomic E-state index is 0.273. The van der Waals surface area contributed by atoms with E-state index in [9.17, 15) is 4.79 Å². The average molecular weight is 285 g/mol. The first kappa shape index (κ1) is 13.3. The minimum atomic E-state index is -0.273. The standard InChI is InChI=1S/C14H15N5O2/c1-3-13(20)15-10-6-7-12(21-2)11(8-10)19-14(9-4-5-9)16-17-18-19/h3,6-9H,1,4-5H2,2H3,(H,15,20). The first-order valence-electron chi connectivity index (χ1n) is 6.63. The molecule has 1 aromatic carbocycles. The van der Waals surface area contributed by atoms with Gasteiger partial charge in [0.25, 0.3) is 0 Å². The van der Waals surface area contributed by atoms with E-state index in [4.69, 9.17) is 4.74 Å². The fraction of sp³-hybridized carbons (Fsp3) is 0.286. The Balaban J connectivity index is 2.02. The van der Waals surface area contributed by atoms with Crippen molar-refractivity contribution in [1.29, 1.82) is 0 Å². The monoisotopic (exact) mass is 285 g/mol. The number of aromatic nitrogens is 4. The third-order valence-electron chi connectivity index (χ3n) is 3.30. The molecule has 1 amide bonds. The van der Waals surface area contributed by atoms with Crippen LogP contribution in [0.4, 0.5) is 5.69 Å². The van der Waals surface area contributed by atoms with Crippen molar-refractivity contribution in [3.05, 3.63) is 36.7 Å². The van der Waals surface area contributed by atoms with Gasteiger partial charge in [-0.25, -0.2) is 0 Å². The van der Waals surface area contributed by atoms with Crippen LogP contribution in [0.15, 0.2) is 30.9 Å². The Morgan fingerprint density at radius 3 is 3.00 bits per heavy atom. The maximum atomic E-state index is 11.4. The maximum absolute atomic E-state index is 11.4. The summed E-state index contributed by atoms with van der Waals surface area (Å²) in [7, 11) is 1.59. The molecule has 1 fully saturated rings. The second-order valence-electron chi connectivity index (χ2n) is 4.80. The van der Waals surface area contributed by atoms with Crippen LogP contribution >= 0.6 is 0 Å². The second-order valence-corrected chi connectivity index (χ2v) is 4.80. The molecule has 0 saturated heterocycles. The maximum Gasteiger partial charge on any atom is 0.247 e. The Labute approximate surface area is 121 Å². The molecule has 3 rings (SSSR count). The van der Waals surface area contributed by atoms with Crippen molar-refractivity contribution in [3.8, 4) is 11.4 Å². The van der Waals surface area contributed by atoms with Gasteiger partial charge in [-0.2, -0.15) is 4.68 Å². The number of hydrogen-bond acceptors (Lipinski definition) is 5. The minimum Gasteiger partial charge on any atom is -0.494 e. The van der Waals surface area contributed by atoms with Crippen molar-refractivity contribution in [2.75, 3.05) is 12.4 Å². The summed E-state index contributed by atoms with van der Waals surface area (Å²) in [5, 5.41) is 14.6. The fourth-order valence-electron chi connectivity index (χ4n) is 2.09. The van der Waals surface area contributed by atoms with Gasteiger partial charge >= 0.3 is 0 Å². The molecule has 0 atom stereocenters. The third kappa shape index (κ3) is 2.62. The van der Waals surface area contributed by atoms with Gasteiger partial charge in [0, 0.05) is 11.6 Å². The molecule has 0 aliphatic heterocycles. The SMILES string of the molecule is C=CC(=O)Nc1ccc(OC)c(-n2nnnc2C2CC2)c1. The third-order valence-corrected chi connectivity index (χ3v) is 3.30. The van der Waals surface area contributed by atoms with E-state index in [2.05, 4.69) is 27.4 Å². The van der Waals surface area contributed by atoms with E-state index in [1.807, 2.05) is 0 Å². The van der Waals surface area contributed by atoms with Crippen molar-refractivity contribution >= 4 is 11.6 Å². The average Bonchev–Trinajstić information content (AvgIpc) is 3.24. The Kier molecular flexibility index (Phi) is 3.39. The van der Waals surface area contributed by atoms with Crippen LogP contribution in [-0.2, 0) is 4.79 Å². The van der Waals surface area contributed by atoms with Crippen molar-refractivity contribution < 1.29 is 9.53 Å². The molecular formula is C14H15N5O2. The summed E-state index contributed by atoms with van der Waals surface area (Å²) in [6.07, 6.45) is 3.40. The predicted octanol–water partition coefficient (Wildman–Crippen LogP) is 1.67. The number of nitrogens with zero attached hydrogens (tertiary/aromatic N) is 4. The number of hydrogen-bond donors (Lipinski definition) is 1. The predicted molar refractivity (Wildman–Crippen MR) is 76.5 cm³/mol. The van der Waals surface area contributed by atoms with E-state index in [0.29, 0.717) is 23.0 Å². The number of tetrazole rings is 1. The zero-order valence-corrected chi connectivity index (χ0v) is 11.6. The Morgan fingerprint density at radius 2 is 2.33 bits per heavy atom. The number of amides is 1. The van der Waals surface area contributed by atoms with Gasteiger partial charge in [0.05, 0.1) is 7.11 Å². The summed E-state index contributed by atoms with van der Waals surface area (Å²) in [4.78, 5) is 11.4. The van der Waals surface area contributed by atoms with Crippen LogP contribution < -0.4 is 10.1 Å². The van der Waals surface area contributed by atoms with Crippen LogP contribution in [0.1, 0.15) is 24.6 Å². The zero-order valence-electron chi connectivity index (χ0n) is 11.6. The van der Waals surface area contributed by atoms with E-state index in [0.717, 1.165) is 18.7 Å². The lowest BCUT2D eigenvalue weighted by atomic mass is 10.2. The summed E-state index contributed by atoms with van der Waals surface area (Å²) in [5.41, 5.74) is 1.33. The van der Waals surface area contributed by atoms with Crippen LogP contribution in [0.3, 0.4) is 0 Å². The summed E-state index contributed by atoms with van der Waals surface area (Å²) in [5.74, 6) is 1.59. The van der Waals surface area contributed by atoms with Gasteiger partial charge in [0.2, 0.25) is 5.91 Å². The van der Waals surface area contributed by atoms with E-state index in [-0.39, 0.29) is 5.91 Å². The van der Waals surface area contributed by atoms with E-state index in [1.54, 1.807) is 30.0 Å². The Bertz CT molecular complexity index is 690. The molecule has 1 aliphatic carbocycles. The number of carbonyl (C=O) groups is 1. The molecule has 108 valence electrons. The summed E-state index contributed by atoms with van der Waals surface area (Å²) in [6.45, 7) is 3.43. The molecule has 1 N–H and O–H groups in total. The second kappa shape index (κ2) is 5.35. The number of carbonyl (C=O) groups excluding carboxylic acids is 1. The van der Waals surface area contributed by atoms with Gasteiger partial charge in [0.15, 0.2) is 5.82 Å². The van der Waals surface area contributed by atoms with E-state index < -0.39 is 0 Å². The van der Waals surface area contributed by atoms with Crippen LogP contribution in [-0.4, -0.2) is 33.2 Å². The fourth-order valence-corrected chi connectivity index (χ4v) is 2.09. The van der Waals surface area contributed by atoms with Gasteiger partial charge in [-0.15, -0.1) is 5.10 Å². The Morgan fingerprint density at radius 1 is 1.52 bits per heavy atom. The number of ether oxygens (including phenoxy) is 1. The lowest BCUT2D eigenvalue weighted by Gasteiger charge is -2.11. The van der Waals surface area contributed by atoms with Crippen LogP contribution in [0.5, 0.6) is 5.75 Å². The lowest BCUT2D eigenvalue weighted by molar-refractivity contribution is -0.111. The summed E-state index contributed by atoms with van der Waals surface area (Å²) < 4.78 is 7.03. The number of nitrogens with one attached hydrogen (secondary N) is 1. The molecule has 21 heavy (non-hydrogen) atoms. The number of rotatable bonds is 5. The molecule has 0 unspecified atom stereocenters. The molecule has 1 aliphatic rings. The molecular weight excluding hydrogens is 270 g/mol. The molecule has 0 bridgehead atoms. The van der Waals surface area contributed by atoms with Crippen LogP contribution in [0.2, 0.25) is 0 Å². The van der Waals surface area contributed by atoms with Crippen molar-refractivity contribution in [3.63, 3.8) is 0 Å². The number of anilines is 1. The van der Waals surface area contributed by atoms with Gasteiger partial charge < -0.3 is 10.1 Å². The summed E-state index contributed by atoms with van der Waals surface area (Å²) in [6, 6.07) is 5.31.